The minimum Gasteiger partial charge on any atom is -0.363 e. The van der Waals surface area contributed by atoms with Crippen molar-refractivity contribution in [1.29, 1.82) is 0 Å². The minimum absolute atomic E-state index is 0.494. The number of benzene rings is 1. The first-order valence-electron chi connectivity index (χ1n) is 8.15. The van der Waals surface area contributed by atoms with Gasteiger partial charge in [-0.3, -0.25) is 4.99 Å². The molecule has 0 amide bonds. The molecule has 0 bridgehead atoms. The molecule has 4 nitrogen and oxygen atoms in total. The molecule has 2 N–H and O–H groups in total. The van der Waals surface area contributed by atoms with Crippen LogP contribution in [0.15, 0.2) is 52.8 Å². The number of aliphatic imine (C=N–C) groups is 1. The number of piperidine rings is 1. The highest BCUT2D eigenvalue weighted by Crippen LogP contribution is 2.24. The Bertz CT molecular complexity index is 601. The first-order valence-corrected chi connectivity index (χ1v) is 9.02. The van der Waals surface area contributed by atoms with E-state index in [0.29, 0.717) is 6.04 Å². The second-order valence-corrected chi connectivity index (χ2v) is 6.69. The van der Waals surface area contributed by atoms with Gasteiger partial charge in [0.1, 0.15) is 0 Å². The summed E-state index contributed by atoms with van der Waals surface area (Å²) in [4.78, 5) is 6.82. The molecule has 5 heteroatoms. The fraction of sp³-hybridized carbons (Fsp3) is 0.389. The van der Waals surface area contributed by atoms with E-state index < -0.39 is 0 Å². The van der Waals surface area contributed by atoms with E-state index in [1.807, 2.05) is 24.5 Å². The molecule has 1 aliphatic rings. The molecule has 2 heterocycles. The van der Waals surface area contributed by atoms with Gasteiger partial charge >= 0.3 is 0 Å². The molecule has 0 saturated carbocycles. The van der Waals surface area contributed by atoms with Crippen LogP contribution >= 0.6 is 11.3 Å². The van der Waals surface area contributed by atoms with E-state index in [4.69, 9.17) is 0 Å². The Balaban J connectivity index is 1.45. The SMILES string of the molecule is CN=C(NCc1ccccc1)NC1CCN(c2cccs2)CC1. The van der Waals surface area contributed by atoms with Crippen LogP contribution in [0.5, 0.6) is 0 Å². The smallest absolute Gasteiger partial charge is 0.191 e. The average Bonchev–Trinajstić information content (AvgIpc) is 3.14. The lowest BCUT2D eigenvalue weighted by Gasteiger charge is -2.33. The molecule has 1 aliphatic heterocycles. The van der Waals surface area contributed by atoms with Gasteiger partial charge in [0.25, 0.3) is 0 Å². The molecule has 23 heavy (non-hydrogen) atoms. The fourth-order valence-electron chi connectivity index (χ4n) is 2.86. The number of rotatable bonds is 4. The Morgan fingerprint density at radius 2 is 1.96 bits per heavy atom. The van der Waals surface area contributed by atoms with Gasteiger partial charge in [0.2, 0.25) is 0 Å². The van der Waals surface area contributed by atoms with E-state index in [1.54, 1.807) is 0 Å². The Hall–Kier alpha value is -2.01. The van der Waals surface area contributed by atoms with Crippen molar-refractivity contribution in [3.05, 3.63) is 53.4 Å². The molecule has 2 aromatic rings. The van der Waals surface area contributed by atoms with Crippen LogP contribution in [-0.4, -0.2) is 32.1 Å². The van der Waals surface area contributed by atoms with Crippen molar-refractivity contribution in [2.75, 3.05) is 25.0 Å². The Morgan fingerprint density at radius 1 is 1.17 bits per heavy atom. The standard InChI is InChI=1S/C18H24N4S/c1-19-18(20-14-15-6-3-2-4-7-15)21-16-9-11-22(12-10-16)17-8-5-13-23-17/h2-8,13,16H,9-12,14H2,1H3,(H2,19,20,21). The zero-order valence-electron chi connectivity index (χ0n) is 13.5. The molecule has 122 valence electrons. The molecule has 0 unspecified atom stereocenters. The quantitative estimate of drug-likeness (QED) is 0.669. The van der Waals surface area contributed by atoms with Crippen LogP contribution in [0.4, 0.5) is 5.00 Å². The first-order chi connectivity index (χ1) is 11.3. The lowest BCUT2D eigenvalue weighted by molar-refractivity contribution is 0.463. The lowest BCUT2D eigenvalue weighted by atomic mass is 10.1. The zero-order valence-corrected chi connectivity index (χ0v) is 14.4. The second kappa shape index (κ2) is 8.02. The third-order valence-corrected chi connectivity index (χ3v) is 5.11. The van der Waals surface area contributed by atoms with Gasteiger partial charge in [-0.1, -0.05) is 30.3 Å². The Labute approximate surface area is 142 Å². The van der Waals surface area contributed by atoms with Gasteiger partial charge in [-0.05, 0) is 35.9 Å². The molecule has 0 aliphatic carbocycles. The summed E-state index contributed by atoms with van der Waals surface area (Å²) in [6.45, 7) is 3.01. The maximum absolute atomic E-state index is 4.35. The van der Waals surface area contributed by atoms with Crippen molar-refractivity contribution in [3.8, 4) is 0 Å². The number of anilines is 1. The predicted octanol–water partition coefficient (Wildman–Crippen LogP) is 3.08. The summed E-state index contributed by atoms with van der Waals surface area (Å²) >= 11 is 1.82. The summed E-state index contributed by atoms with van der Waals surface area (Å²) in [5.41, 5.74) is 1.27. The van der Waals surface area contributed by atoms with Crippen molar-refractivity contribution in [2.45, 2.75) is 25.4 Å². The van der Waals surface area contributed by atoms with E-state index in [-0.39, 0.29) is 0 Å². The number of nitrogens with zero attached hydrogens (tertiary/aromatic N) is 2. The van der Waals surface area contributed by atoms with Crippen molar-refractivity contribution in [2.24, 2.45) is 4.99 Å². The zero-order chi connectivity index (χ0) is 15.9. The molecule has 0 spiro atoms. The summed E-state index contributed by atoms with van der Waals surface area (Å²) in [7, 11) is 1.83. The number of hydrogen-bond acceptors (Lipinski definition) is 3. The van der Waals surface area contributed by atoms with Crippen LogP contribution in [-0.2, 0) is 6.54 Å². The van der Waals surface area contributed by atoms with Crippen LogP contribution in [0.1, 0.15) is 18.4 Å². The van der Waals surface area contributed by atoms with Gasteiger partial charge in [-0.25, -0.2) is 0 Å². The number of nitrogens with one attached hydrogen (secondary N) is 2. The van der Waals surface area contributed by atoms with Gasteiger partial charge in [-0.2, -0.15) is 0 Å². The van der Waals surface area contributed by atoms with Crippen LogP contribution in [0, 0.1) is 0 Å². The van der Waals surface area contributed by atoms with Crippen molar-refractivity contribution >= 4 is 22.3 Å². The topological polar surface area (TPSA) is 39.7 Å². The minimum atomic E-state index is 0.494. The summed E-state index contributed by atoms with van der Waals surface area (Å²) < 4.78 is 0. The highest BCUT2D eigenvalue weighted by molar-refractivity contribution is 7.14. The van der Waals surface area contributed by atoms with Gasteiger partial charge < -0.3 is 15.5 Å². The monoisotopic (exact) mass is 328 g/mol. The molecule has 1 saturated heterocycles. The van der Waals surface area contributed by atoms with Gasteiger partial charge in [0, 0.05) is 32.7 Å². The highest BCUT2D eigenvalue weighted by Gasteiger charge is 2.20. The number of thiophene rings is 1. The van der Waals surface area contributed by atoms with Crippen LogP contribution in [0.3, 0.4) is 0 Å². The molecule has 3 rings (SSSR count). The molecule has 0 radical (unpaired) electrons. The normalized spacial score (nSPS) is 16.4. The summed E-state index contributed by atoms with van der Waals surface area (Å²) in [5, 5.41) is 10.5. The van der Waals surface area contributed by atoms with Crippen LogP contribution in [0.25, 0.3) is 0 Å². The molecular formula is C18H24N4S. The number of guanidine groups is 1. The third-order valence-electron chi connectivity index (χ3n) is 4.18. The van der Waals surface area contributed by atoms with Gasteiger partial charge in [-0.15, -0.1) is 11.3 Å². The van der Waals surface area contributed by atoms with E-state index in [2.05, 4.69) is 62.3 Å². The number of hydrogen-bond donors (Lipinski definition) is 2. The lowest BCUT2D eigenvalue weighted by Crippen LogP contribution is -2.48. The van der Waals surface area contributed by atoms with E-state index in [1.165, 1.54) is 10.6 Å². The summed E-state index contributed by atoms with van der Waals surface area (Å²) in [5.74, 6) is 0.892. The van der Waals surface area contributed by atoms with Crippen molar-refractivity contribution < 1.29 is 0 Å². The van der Waals surface area contributed by atoms with Crippen LogP contribution < -0.4 is 15.5 Å². The van der Waals surface area contributed by atoms with Crippen LogP contribution in [0.2, 0.25) is 0 Å². The van der Waals surface area contributed by atoms with Crippen molar-refractivity contribution in [3.63, 3.8) is 0 Å². The largest absolute Gasteiger partial charge is 0.363 e. The fourth-order valence-corrected chi connectivity index (χ4v) is 3.65. The molecular weight excluding hydrogens is 304 g/mol. The Morgan fingerprint density at radius 3 is 2.61 bits per heavy atom. The highest BCUT2D eigenvalue weighted by atomic mass is 32.1. The second-order valence-electron chi connectivity index (χ2n) is 5.77. The van der Waals surface area contributed by atoms with E-state index in [9.17, 15) is 0 Å². The molecule has 0 atom stereocenters. The van der Waals surface area contributed by atoms with Gasteiger partial charge in [0.05, 0.1) is 5.00 Å². The van der Waals surface area contributed by atoms with Gasteiger partial charge in [0.15, 0.2) is 5.96 Å². The first kappa shape index (κ1) is 15.9. The van der Waals surface area contributed by atoms with E-state index >= 15 is 0 Å². The van der Waals surface area contributed by atoms with Crippen molar-refractivity contribution in [1.82, 2.24) is 10.6 Å². The average molecular weight is 328 g/mol. The van der Waals surface area contributed by atoms with E-state index in [0.717, 1.165) is 38.4 Å². The third kappa shape index (κ3) is 4.48. The maximum atomic E-state index is 4.35. The Kier molecular flexibility index (Phi) is 5.53. The molecule has 1 aromatic carbocycles. The summed E-state index contributed by atoms with van der Waals surface area (Å²) in [6, 6.07) is 15.2. The molecule has 1 fully saturated rings. The summed E-state index contributed by atoms with van der Waals surface area (Å²) in [6.07, 6.45) is 2.29. The predicted molar refractivity (Wildman–Crippen MR) is 99.3 cm³/mol. The molecule has 1 aromatic heterocycles. The maximum Gasteiger partial charge on any atom is 0.191 e.